The van der Waals surface area contributed by atoms with Crippen molar-refractivity contribution in [2.45, 2.75) is 6.42 Å². The SMILES string of the molecule is Cn1ncc(C(N)=NO)c1NC(=O)Cc1ccsc1. The Balaban J connectivity index is 2.14. The van der Waals surface area contributed by atoms with E-state index in [1.54, 1.807) is 7.05 Å². The first kappa shape index (κ1) is 13.1. The lowest BCUT2D eigenvalue weighted by atomic mass is 10.2. The summed E-state index contributed by atoms with van der Waals surface area (Å²) in [6, 6.07) is 1.89. The highest BCUT2D eigenvalue weighted by Crippen LogP contribution is 2.15. The van der Waals surface area contributed by atoms with Crippen LogP contribution in [-0.4, -0.2) is 26.7 Å². The van der Waals surface area contributed by atoms with E-state index in [9.17, 15) is 4.79 Å². The van der Waals surface area contributed by atoms with Gasteiger partial charge in [-0.15, -0.1) is 0 Å². The molecule has 0 saturated heterocycles. The van der Waals surface area contributed by atoms with Crippen molar-refractivity contribution in [2.24, 2.45) is 17.9 Å². The number of amides is 1. The molecule has 2 heterocycles. The monoisotopic (exact) mass is 279 g/mol. The number of aromatic nitrogens is 2. The fourth-order valence-corrected chi connectivity index (χ4v) is 2.25. The van der Waals surface area contributed by atoms with Crippen molar-refractivity contribution < 1.29 is 10.0 Å². The van der Waals surface area contributed by atoms with Crippen molar-refractivity contribution in [1.82, 2.24) is 9.78 Å². The highest BCUT2D eigenvalue weighted by atomic mass is 32.1. The topological polar surface area (TPSA) is 106 Å². The first-order valence-electron chi connectivity index (χ1n) is 5.42. The minimum atomic E-state index is -0.186. The summed E-state index contributed by atoms with van der Waals surface area (Å²) in [6.45, 7) is 0. The lowest BCUT2D eigenvalue weighted by Gasteiger charge is -2.07. The molecule has 2 rings (SSSR count). The molecule has 0 bridgehead atoms. The quantitative estimate of drug-likeness (QED) is 0.332. The Kier molecular flexibility index (Phi) is 3.81. The number of nitrogens with two attached hydrogens (primary N) is 1. The zero-order chi connectivity index (χ0) is 13.8. The van der Waals surface area contributed by atoms with E-state index in [-0.39, 0.29) is 18.2 Å². The minimum Gasteiger partial charge on any atom is -0.409 e. The molecule has 4 N–H and O–H groups in total. The van der Waals surface area contributed by atoms with Gasteiger partial charge in [0.05, 0.1) is 18.2 Å². The lowest BCUT2D eigenvalue weighted by molar-refractivity contribution is -0.115. The fraction of sp³-hybridized carbons (Fsp3) is 0.182. The molecule has 0 aliphatic rings. The van der Waals surface area contributed by atoms with Crippen LogP contribution in [0.1, 0.15) is 11.1 Å². The maximum atomic E-state index is 11.9. The average molecular weight is 279 g/mol. The molecule has 0 spiro atoms. The summed E-state index contributed by atoms with van der Waals surface area (Å²) in [6.07, 6.45) is 1.69. The summed E-state index contributed by atoms with van der Waals surface area (Å²) in [5, 5.41) is 22.1. The van der Waals surface area contributed by atoms with E-state index in [2.05, 4.69) is 15.6 Å². The molecule has 0 atom stereocenters. The van der Waals surface area contributed by atoms with Crippen LogP contribution in [0.4, 0.5) is 5.82 Å². The molecule has 19 heavy (non-hydrogen) atoms. The molecule has 0 radical (unpaired) electrons. The van der Waals surface area contributed by atoms with Crippen molar-refractivity contribution in [3.8, 4) is 0 Å². The van der Waals surface area contributed by atoms with Crippen LogP contribution >= 0.6 is 11.3 Å². The number of anilines is 1. The van der Waals surface area contributed by atoms with Gasteiger partial charge in [-0.3, -0.25) is 9.48 Å². The largest absolute Gasteiger partial charge is 0.409 e. The Morgan fingerprint density at radius 2 is 2.47 bits per heavy atom. The Morgan fingerprint density at radius 1 is 1.68 bits per heavy atom. The number of oxime groups is 1. The Bertz CT molecular complexity index is 603. The molecule has 0 unspecified atom stereocenters. The van der Waals surface area contributed by atoms with Gasteiger partial charge in [0.1, 0.15) is 5.82 Å². The van der Waals surface area contributed by atoms with Crippen molar-refractivity contribution >= 4 is 28.9 Å². The van der Waals surface area contributed by atoms with Crippen molar-refractivity contribution in [3.05, 3.63) is 34.2 Å². The Morgan fingerprint density at radius 3 is 3.11 bits per heavy atom. The molecule has 7 nitrogen and oxygen atoms in total. The number of nitrogens with zero attached hydrogens (tertiary/aromatic N) is 3. The predicted octanol–water partition coefficient (Wildman–Crippen LogP) is 0.757. The molecule has 2 aromatic heterocycles. The standard InChI is InChI=1S/C11H13N5O2S/c1-16-11(8(5-13-16)10(12)15-18)14-9(17)4-7-2-3-19-6-7/h2-3,5-6,18H,4H2,1H3,(H2,12,15)(H,14,17). The van der Waals surface area contributed by atoms with Crippen molar-refractivity contribution in [1.29, 1.82) is 0 Å². The molecule has 8 heteroatoms. The van der Waals surface area contributed by atoms with Gasteiger partial charge in [0.25, 0.3) is 0 Å². The molecular weight excluding hydrogens is 266 g/mol. The van der Waals surface area contributed by atoms with Crippen LogP contribution < -0.4 is 11.1 Å². The van der Waals surface area contributed by atoms with E-state index in [0.717, 1.165) is 5.56 Å². The summed E-state index contributed by atoms with van der Waals surface area (Å²) in [5.74, 6) is 0.114. The van der Waals surface area contributed by atoms with Gasteiger partial charge in [-0.2, -0.15) is 16.4 Å². The van der Waals surface area contributed by atoms with Gasteiger partial charge >= 0.3 is 0 Å². The Hall–Kier alpha value is -2.35. The average Bonchev–Trinajstić information content (AvgIpc) is 3.00. The maximum absolute atomic E-state index is 11.9. The second-order valence-corrected chi connectivity index (χ2v) is 4.65. The summed E-state index contributed by atoms with van der Waals surface area (Å²) >= 11 is 1.53. The van der Waals surface area contributed by atoms with E-state index in [1.807, 2.05) is 16.8 Å². The normalized spacial score (nSPS) is 11.5. The third-order valence-electron chi connectivity index (χ3n) is 2.53. The molecule has 0 aliphatic heterocycles. The van der Waals surface area contributed by atoms with Crippen LogP contribution in [0.15, 0.2) is 28.2 Å². The first-order chi connectivity index (χ1) is 9.11. The number of nitrogens with one attached hydrogen (secondary N) is 1. The van der Waals surface area contributed by atoms with Gasteiger partial charge < -0.3 is 16.3 Å². The summed E-state index contributed by atoms with van der Waals surface area (Å²) in [7, 11) is 1.66. The number of hydrogen-bond acceptors (Lipinski definition) is 5. The number of thiophene rings is 1. The number of hydrogen-bond donors (Lipinski definition) is 3. The molecule has 2 aromatic rings. The molecule has 0 fully saturated rings. The summed E-state index contributed by atoms with van der Waals surface area (Å²) in [4.78, 5) is 11.9. The molecule has 0 saturated carbocycles. The van der Waals surface area contributed by atoms with E-state index in [1.165, 1.54) is 22.2 Å². The second kappa shape index (κ2) is 5.53. The number of aryl methyl sites for hydroxylation is 1. The van der Waals surface area contributed by atoms with E-state index in [0.29, 0.717) is 11.4 Å². The van der Waals surface area contributed by atoms with Crippen LogP contribution in [0.25, 0.3) is 0 Å². The number of amidine groups is 1. The van der Waals surface area contributed by atoms with E-state index >= 15 is 0 Å². The number of carbonyl (C=O) groups excluding carboxylic acids is 1. The minimum absolute atomic E-state index is 0.0982. The summed E-state index contributed by atoms with van der Waals surface area (Å²) in [5.41, 5.74) is 6.84. The van der Waals surface area contributed by atoms with Gasteiger partial charge in [0.2, 0.25) is 5.91 Å². The molecule has 0 aromatic carbocycles. The molecule has 0 aliphatic carbocycles. The fourth-order valence-electron chi connectivity index (χ4n) is 1.58. The molecule has 1 amide bonds. The van der Waals surface area contributed by atoms with Gasteiger partial charge in [-0.05, 0) is 22.4 Å². The molecular formula is C11H13N5O2S. The van der Waals surface area contributed by atoms with E-state index < -0.39 is 0 Å². The first-order valence-corrected chi connectivity index (χ1v) is 6.37. The van der Waals surface area contributed by atoms with Crippen LogP contribution in [0, 0.1) is 0 Å². The van der Waals surface area contributed by atoms with Gasteiger partial charge in [0.15, 0.2) is 5.84 Å². The van der Waals surface area contributed by atoms with Gasteiger partial charge in [-0.25, -0.2) is 0 Å². The maximum Gasteiger partial charge on any atom is 0.229 e. The Labute approximate surface area is 113 Å². The molecule has 100 valence electrons. The van der Waals surface area contributed by atoms with Crippen LogP contribution in [0.2, 0.25) is 0 Å². The smallest absolute Gasteiger partial charge is 0.229 e. The highest BCUT2D eigenvalue weighted by molar-refractivity contribution is 7.08. The van der Waals surface area contributed by atoms with E-state index in [4.69, 9.17) is 10.9 Å². The zero-order valence-corrected chi connectivity index (χ0v) is 11.0. The summed E-state index contributed by atoms with van der Waals surface area (Å²) < 4.78 is 1.46. The van der Waals surface area contributed by atoms with Crippen LogP contribution in [-0.2, 0) is 18.3 Å². The lowest BCUT2D eigenvalue weighted by Crippen LogP contribution is -2.21. The predicted molar refractivity (Wildman–Crippen MR) is 72.4 cm³/mol. The van der Waals surface area contributed by atoms with Gasteiger partial charge in [-0.1, -0.05) is 5.16 Å². The van der Waals surface area contributed by atoms with Gasteiger partial charge in [0, 0.05) is 7.05 Å². The van der Waals surface area contributed by atoms with Crippen LogP contribution in [0.3, 0.4) is 0 Å². The third-order valence-corrected chi connectivity index (χ3v) is 3.26. The van der Waals surface area contributed by atoms with Crippen molar-refractivity contribution in [2.75, 3.05) is 5.32 Å². The second-order valence-electron chi connectivity index (χ2n) is 3.87. The third kappa shape index (κ3) is 2.91. The van der Waals surface area contributed by atoms with Crippen LogP contribution in [0.5, 0.6) is 0 Å². The number of rotatable bonds is 4. The highest BCUT2D eigenvalue weighted by Gasteiger charge is 2.15. The number of carbonyl (C=O) groups is 1. The zero-order valence-electron chi connectivity index (χ0n) is 10.2. The van der Waals surface area contributed by atoms with Crippen molar-refractivity contribution in [3.63, 3.8) is 0 Å².